The minimum Gasteiger partial charge on any atom is -0.760 e. The molecule has 98 valence electrons. The first-order valence-corrected chi connectivity index (χ1v) is 7.53. The van der Waals surface area contributed by atoms with Crippen molar-refractivity contribution in [1.82, 2.24) is 4.31 Å². The third-order valence-corrected chi connectivity index (χ3v) is 4.02. The summed E-state index contributed by atoms with van der Waals surface area (Å²) in [6.45, 7) is 8.35. The Kier molecular flexibility index (Phi) is 9.18. The summed E-state index contributed by atoms with van der Waals surface area (Å²) in [6, 6.07) is 0.361. The molecule has 3 unspecified atom stereocenters. The van der Waals surface area contributed by atoms with Crippen LogP contribution in [0.1, 0.15) is 66.2 Å². The van der Waals surface area contributed by atoms with Gasteiger partial charge in [0.25, 0.3) is 0 Å². The van der Waals surface area contributed by atoms with E-state index in [4.69, 9.17) is 0 Å². The van der Waals surface area contributed by atoms with Crippen molar-refractivity contribution in [3.8, 4) is 0 Å². The number of hydrogen-bond donors (Lipinski definition) is 0. The average molecular weight is 248 g/mol. The van der Waals surface area contributed by atoms with Crippen molar-refractivity contribution in [1.29, 1.82) is 0 Å². The van der Waals surface area contributed by atoms with Crippen LogP contribution in [0.4, 0.5) is 0 Å². The zero-order valence-electron chi connectivity index (χ0n) is 11.1. The first-order valence-electron chi connectivity index (χ1n) is 6.49. The van der Waals surface area contributed by atoms with Gasteiger partial charge in [0.1, 0.15) is 0 Å². The number of rotatable bonds is 9. The monoisotopic (exact) mass is 248 g/mol. The Bertz CT molecular complexity index is 185. The highest BCUT2D eigenvalue weighted by Crippen LogP contribution is 2.21. The predicted octanol–water partition coefficient (Wildman–Crippen LogP) is 3.24. The summed E-state index contributed by atoms with van der Waals surface area (Å²) in [7, 11) is 0. The van der Waals surface area contributed by atoms with Crippen molar-refractivity contribution in [2.75, 3.05) is 0 Å². The van der Waals surface area contributed by atoms with Gasteiger partial charge in [-0.2, -0.15) is 0 Å². The molecule has 0 aromatic carbocycles. The summed E-state index contributed by atoms with van der Waals surface area (Å²) >= 11 is -2.08. The van der Waals surface area contributed by atoms with E-state index >= 15 is 0 Å². The van der Waals surface area contributed by atoms with Crippen LogP contribution in [0.15, 0.2) is 0 Å². The van der Waals surface area contributed by atoms with Gasteiger partial charge in [0, 0.05) is 23.4 Å². The Morgan fingerprint density at radius 3 is 1.56 bits per heavy atom. The first-order chi connectivity index (χ1) is 7.62. The quantitative estimate of drug-likeness (QED) is 0.588. The molecule has 0 rings (SSSR count). The predicted molar refractivity (Wildman–Crippen MR) is 68.7 cm³/mol. The van der Waals surface area contributed by atoms with Crippen molar-refractivity contribution in [2.45, 2.75) is 78.3 Å². The molecule has 0 amide bonds. The van der Waals surface area contributed by atoms with Gasteiger partial charge in [0.2, 0.25) is 0 Å². The Hall–Kier alpha value is 0.0700. The Labute approximate surface area is 103 Å². The van der Waals surface area contributed by atoms with Gasteiger partial charge >= 0.3 is 0 Å². The molecule has 0 aliphatic heterocycles. The van der Waals surface area contributed by atoms with Crippen LogP contribution in [0, 0.1) is 0 Å². The topological polar surface area (TPSA) is 43.4 Å². The second-order valence-electron chi connectivity index (χ2n) is 4.28. The van der Waals surface area contributed by atoms with E-state index in [2.05, 4.69) is 27.7 Å². The van der Waals surface area contributed by atoms with Crippen LogP contribution in [-0.4, -0.2) is 25.2 Å². The molecule has 0 fully saturated rings. The summed E-state index contributed by atoms with van der Waals surface area (Å²) < 4.78 is 24.5. The van der Waals surface area contributed by atoms with Gasteiger partial charge < -0.3 is 4.55 Å². The van der Waals surface area contributed by atoms with Crippen molar-refractivity contribution in [3.05, 3.63) is 0 Å². The molecular weight excluding hydrogens is 222 g/mol. The van der Waals surface area contributed by atoms with E-state index in [1.807, 2.05) is 0 Å². The number of nitrogens with zero attached hydrogens (tertiary/aromatic N) is 1. The van der Waals surface area contributed by atoms with Gasteiger partial charge in [-0.15, -0.1) is 0 Å². The van der Waals surface area contributed by atoms with E-state index < -0.39 is 11.3 Å². The summed E-state index contributed by atoms with van der Waals surface area (Å²) in [6.07, 6.45) is 5.81. The summed E-state index contributed by atoms with van der Waals surface area (Å²) in [4.78, 5) is 0. The maximum Gasteiger partial charge on any atom is 0.0215 e. The van der Waals surface area contributed by atoms with Crippen LogP contribution < -0.4 is 0 Å². The molecule has 0 heterocycles. The fraction of sp³-hybridized carbons (Fsp3) is 1.00. The second kappa shape index (κ2) is 9.14. The van der Waals surface area contributed by atoms with Crippen LogP contribution in [-0.2, 0) is 11.3 Å². The molecule has 4 heteroatoms. The maximum absolute atomic E-state index is 11.4. The van der Waals surface area contributed by atoms with E-state index in [0.717, 1.165) is 38.5 Å². The highest BCUT2D eigenvalue weighted by molar-refractivity contribution is 7.76. The zero-order chi connectivity index (χ0) is 12.6. The smallest absolute Gasteiger partial charge is 0.0215 e. The van der Waals surface area contributed by atoms with Gasteiger partial charge in [0.05, 0.1) is 0 Å². The lowest BCUT2D eigenvalue weighted by molar-refractivity contribution is 0.209. The van der Waals surface area contributed by atoms with E-state index in [0.29, 0.717) is 0 Å². The largest absolute Gasteiger partial charge is 0.760 e. The fourth-order valence-corrected chi connectivity index (χ4v) is 3.23. The van der Waals surface area contributed by atoms with Gasteiger partial charge in [-0.1, -0.05) is 40.5 Å². The maximum atomic E-state index is 11.4. The molecule has 0 aromatic rings. The Balaban J connectivity index is 4.71. The van der Waals surface area contributed by atoms with Crippen LogP contribution in [0.25, 0.3) is 0 Å². The van der Waals surface area contributed by atoms with E-state index in [-0.39, 0.29) is 12.1 Å². The molecule has 0 saturated heterocycles. The molecule has 0 aliphatic carbocycles. The molecule has 0 aliphatic rings. The van der Waals surface area contributed by atoms with Crippen molar-refractivity contribution in [3.63, 3.8) is 0 Å². The molecule has 0 radical (unpaired) electrons. The van der Waals surface area contributed by atoms with Gasteiger partial charge in [-0.3, -0.25) is 4.21 Å². The third kappa shape index (κ3) is 4.93. The van der Waals surface area contributed by atoms with Gasteiger partial charge in [-0.05, 0) is 25.7 Å². The van der Waals surface area contributed by atoms with E-state index in [1.165, 1.54) is 0 Å². The Morgan fingerprint density at radius 1 is 1.00 bits per heavy atom. The third-order valence-electron chi connectivity index (χ3n) is 3.08. The average Bonchev–Trinajstić information content (AvgIpc) is 2.26. The molecule has 0 saturated carbocycles. The summed E-state index contributed by atoms with van der Waals surface area (Å²) in [5, 5.41) is 0. The van der Waals surface area contributed by atoms with Crippen LogP contribution in [0.5, 0.6) is 0 Å². The van der Waals surface area contributed by atoms with Crippen LogP contribution >= 0.6 is 0 Å². The normalized spacial score (nSPS) is 17.4. The van der Waals surface area contributed by atoms with E-state index in [9.17, 15) is 8.76 Å². The minimum atomic E-state index is -2.08. The fourth-order valence-electron chi connectivity index (χ4n) is 2.23. The molecule has 0 aromatic heterocycles. The lowest BCUT2D eigenvalue weighted by atomic mass is 10.0. The SMILES string of the molecule is CCCC(CC)N(C(CC)CCC)S(=O)[O-]. The number of hydrogen-bond acceptors (Lipinski definition) is 2. The molecule has 3 atom stereocenters. The van der Waals surface area contributed by atoms with Crippen molar-refractivity contribution >= 4 is 11.3 Å². The lowest BCUT2D eigenvalue weighted by Crippen LogP contribution is -2.43. The van der Waals surface area contributed by atoms with Gasteiger partial charge in [0.15, 0.2) is 0 Å². The molecule has 3 nitrogen and oxygen atoms in total. The van der Waals surface area contributed by atoms with Crippen molar-refractivity contribution in [2.24, 2.45) is 0 Å². The molecule has 0 N–H and O–H groups in total. The first kappa shape index (κ1) is 16.1. The second-order valence-corrected chi connectivity index (χ2v) is 5.13. The summed E-state index contributed by atoms with van der Waals surface area (Å²) in [5.74, 6) is 0. The van der Waals surface area contributed by atoms with Crippen LogP contribution in [0.3, 0.4) is 0 Å². The minimum absolute atomic E-state index is 0.180. The van der Waals surface area contributed by atoms with Gasteiger partial charge in [-0.25, -0.2) is 4.31 Å². The molecule has 16 heavy (non-hydrogen) atoms. The van der Waals surface area contributed by atoms with E-state index in [1.54, 1.807) is 4.31 Å². The summed E-state index contributed by atoms with van der Waals surface area (Å²) in [5.41, 5.74) is 0. The molecular formula is C12H26NO2S-. The van der Waals surface area contributed by atoms with Crippen LogP contribution in [0.2, 0.25) is 0 Å². The highest BCUT2D eigenvalue weighted by atomic mass is 32.2. The standard InChI is InChI=1S/C12H27NO2S/c1-5-9-11(7-3)13(16(14)15)12(8-4)10-6-2/h11-12H,5-10H2,1-4H3,(H,14,15)/p-1. The molecule has 0 spiro atoms. The lowest BCUT2D eigenvalue weighted by Gasteiger charge is -2.38. The molecule has 0 bridgehead atoms. The highest BCUT2D eigenvalue weighted by Gasteiger charge is 2.23. The Morgan fingerprint density at radius 2 is 1.38 bits per heavy atom. The van der Waals surface area contributed by atoms with Crippen molar-refractivity contribution < 1.29 is 8.76 Å². The zero-order valence-corrected chi connectivity index (χ0v) is 11.9.